The van der Waals surface area contributed by atoms with Crippen molar-refractivity contribution in [1.82, 2.24) is 0 Å². The van der Waals surface area contributed by atoms with E-state index in [1.54, 1.807) is 0 Å². The van der Waals surface area contributed by atoms with Crippen LogP contribution in [0.2, 0.25) is 0 Å². The molecule has 0 aliphatic heterocycles. The molecule has 0 saturated heterocycles. The van der Waals surface area contributed by atoms with E-state index in [0.29, 0.717) is 13.0 Å². The minimum Gasteiger partial charge on any atom is -0.465 e. The summed E-state index contributed by atoms with van der Waals surface area (Å²) in [5.41, 5.74) is 0. The monoisotopic (exact) mass is 340 g/mol. The predicted molar refractivity (Wildman–Crippen MR) is 101 cm³/mol. The Morgan fingerprint density at radius 3 is 1.92 bits per heavy atom. The number of carbonyl (C=O) groups is 2. The second-order valence-corrected chi connectivity index (χ2v) is 6.93. The molecule has 0 fully saturated rings. The summed E-state index contributed by atoms with van der Waals surface area (Å²) in [7, 11) is 0. The third-order valence-corrected chi connectivity index (χ3v) is 4.61. The van der Waals surface area contributed by atoms with Crippen LogP contribution in [0.5, 0.6) is 0 Å². The van der Waals surface area contributed by atoms with E-state index in [4.69, 9.17) is 4.74 Å². The molecule has 0 aromatic rings. The summed E-state index contributed by atoms with van der Waals surface area (Å²) in [6.07, 6.45) is 17.5. The van der Waals surface area contributed by atoms with Crippen LogP contribution in [0, 0.1) is 5.92 Å². The Morgan fingerprint density at radius 2 is 1.33 bits per heavy atom. The van der Waals surface area contributed by atoms with E-state index in [9.17, 15) is 9.59 Å². The van der Waals surface area contributed by atoms with Crippen LogP contribution in [-0.4, -0.2) is 18.9 Å². The summed E-state index contributed by atoms with van der Waals surface area (Å²) in [6, 6.07) is 0. The van der Waals surface area contributed by atoms with E-state index in [1.165, 1.54) is 51.4 Å². The van der Waals surface area contributed by atoms with Crippen molar-refractivity contribution in [1.29, 1.82) is 0 Å². The van der Waals surface area contributed by atoms with Gasteiger partial charge in [0.2, 0.25) is 0 Å². The second kappa shape index (κ2) is 18.5. The number of carbonyl (C=O) groups excluding carboxylic acids is 2. The smallest absolute Gasteiger partial charge is 0.308 e. The largest absolute Gasteiger partial charge is 0.465 e. The molecule has 1 unspecified atom stereocenters. The molecule has 0 aromatic heterocycles. The van der Waals surface area contributed by atoms with Crippen molar-refractivity contribution in [2.24, 2.45) is 5.92 Å². The fourth-order valence-electron chi connectivity index (χ4n) is 2.99. The van der Waals surface area contributed by atoms with Gasteiger partial charge >= 0.3 is 5.97 Å². The third kappa shape index (κ3) is 14.7. The highest BCUT2D eigenvalue weighted by Gasteiger charge is 2.19. The van der Waals surface area contributed by atoms with Crippen LogP contribution >= 0.6 is 0 Å². The van der Waals surface area contributed by atoms with E-state index < -0.39 is 0 Å². The number of hydrogen-bond acceptors (Lipinski definition) is 3. The zero-order chi connectivity index (χ0) is 17.9. The molecule has 1 atom stereocenters. The van der Waals surface area contributed by atoms with Crippen LogP contribution < -0.4 is 0 Å². The van der Waals surface area contributed by atoms with Gasteiger partial charge in [0.1, 0.15) is 6.29 Å². The van der Waals surface area contributed by atoms with Gasteiger partial charge in [0, 0.05) is 6.42 Å². The molecule has 142 valence electrons. The molecule has 0 aliphatic carbocycles. The number of esters is 1. The zero-order valence-corrected chi connectivity index (χ0v) is 16.2. The van der Waals surface area contributed by atoms with Gasteiger partial charge in [0.05, 0.1) is 12.5 Å². The van der Waals surface area contributed by atoms with Gasteiger partial charge in [-0.15, -0.1) is 0 Å². The zero-order valence-electron chi connectivity index (χ0n) is 16.2. The van der Waals surface area contributed by atoms with Crippen LogP contribution in [0.1, 0.15) is 110 Å². The third-order valence-electron chi connectivity index (χ3n) is 4.61. The molecular weight excluding hydrogens is 300 g/mol. The number of hydrogen-bond donors (Lipinski definition) is 0. The summed E-state index contributed by atoms with van der Waals surface area (Å²) >= 11 is 0. The molecule has 0 rings (SSSR count). The quantitative estimate of drug-likeness (QED) is 0.169. The van der Waals surface area contributed by atoms with E-state index >= 15 is 0 Å². The number of ether oxygens (including phenoxy) is 1. The van der Waals surface area contributed by atoms with Crippen LogP contribution in [0.3, 0.4) is 0 Å². The predicted octanol–water partition coefficient (Wildman–Crippen LogP) is 6.24. The van der Waals surface area contributed by atoms with Gasteiger partial charge in [-0.25, -0.2) is 0 Å². The van der Waals surface area contributed by atoms with E-state index in [-0.39, 0.29) is 11.9 Å². The average Bonchev–Trinajstić information content (AvgIpc) is 2.59. The molecule has 0 spiro atoms. The van der Waals surface area contributed by atoms with Crippen LogP contribution in [0.25, 0.3) is 0 Å². The maximum Gasteiger partial charge on any atom is 0.308 e. The Labute approximate surface area is 149 Å². The minimum atomic E-state index is -0.00819. The second-order valence-electron chi connectivity index (χ2n) is 6.93. The Bertz CT molecular complexity index is 289. The molecule has 0 heterocycles. The van der Waals surface area contributed by atoms with Gasteiger partial charge < -0.3 is 9.53 Å². The van der Waals surface area contributed by atoms with Gasteiger partial charge in [-0.05, 0) is 25.7 Å². The van der Waals surface area contributed by atoms with Crippen molar-refractivity contribution >= 4 is 12.3 Å². The van der Waals surface area contributed by atoms with Gasteiger partial charge in [-0.2, -0.15) is 0 Å². The Morgan fingerprint density at radius 1 is 0.792 bits per heavy atom. The lowest BCUT2D eigenvalue weighted by Crippen LogP contribution is -2.18. The number of rotatable bonds is 18. The van der Waals surface area contributed by atoms with Crippen molar-refractivity contribution in [2.45, 2.75) is 110 Å². The Balaban J connectivity index is 4.00. The Kier molecular flexibility index (Phi) is 17.8. The van der Waals surface area contributed by atoms with E-state index in [0.717, 1.165) is 44.8 Å². The molecule has 0 N–H and O–H groups in total. The van der Waals surface area contributed by atoms with Gasteiger partial charge in [-0.3, -0.25) is 4.79 Å². The fraction of sp³-hybridized carbons (Fsp3) is 0.905. The van der Waals surface area contributed by atoms with Crippen molar-refractivity contribution < 1.29 is 14.3 Å². The first-order chi connectivity index (χ1) is 11.8. The lowest BCUT2D eigenvalue weighted by Gasteiger charge is -2.16. The fourth-order valence-corrected chi connectivity index (χ4v) is 2.99. The van der Waals surface area contributed by atoms with Crippen LogP contribution in [0.4, 0.5) is 0 Å². The summed E-state index contributed by atoms with van der Waals surface area (Å²) in [5.74, 6) is 0.0743. The Hall–Kier alpha value is -0.860. The van der Waals surface area contributed by atoms with Crippen molar-refractivity contribution in [3.8, 4) is 0 Å². The summed E-state index contributed by atoms with van der Waals surface area (Å²) in [5, 5.41) is 0. The maximum atomic E-state index is 12.3. The highest BCUT2D eigenvalue weighted by Crippen LogP contribution is 2.20. The number of unbranched alkanes of at least 4 members (excludes halogenated alkanes) is 10. The molecule has 0 amide bonds. The molecular formula is C21H40O3. The van der Waals surface area contributed by atoms with Crippen molar-refractivity contribution in [2.75, 3.05) is 6.61 Å². The molecule has 3 nitrogen and oxygen atoms in total. The summed E-state index contributed by atoms with van der Waals surface area (Å²) in [4.78, 5) is 22.6. The van der Waals surface area contributed by atoms with Crippen LogP contribution in [-0.2, 0) is 14.3 Å². The average molecular weight is 341 g/mol. The summed E-state index contributed by atoms with van der Waals surface area (Å²) < 4.78 is 5.45. The lowest BCUT2D eigenvalue weighted by atomic mass is 9.94. The maximum absolute atomic E-state index is 12.3. The molecule has 24 heavy (non-hydrogen) atoms. The summed E-state index contributed by atoms with van der Waals surface area (Å²) in [6.45, 7) is 4.91. The standard InChI is InChI=1S/C21H40O3/c1-3-5-7-9-10-13-17-20(16-12-8-6-4-2)21(23)24-19-15-11-14-18-22/h18,20H,3-17,19H2,1-2H3. The van der Waals surface area contributed by atoms with Crippen LogP contribution in [0.15, 0.2) is 0 Å². The molecule has 3 heteroatoms. The first-order valence-corrected chi connectivity index (χ1v) is 10.4. The van der Waals surface area contributed by atoms with E-state index in [2.05, 4.69) is 13.8 Å². The topological polar surface area (TPSA) is 43.4 Å². The molecule has 0 radical (unpaired) electrons. The highest BCUT2D eigenvalue weighted by molar-refractivity contribution is 5.72. The first-order valence-electron chi connectivity index (χ1n) is 10.4. The normalized spacial score (nSPS) is 12.1. The van der Waals surface area contributed by atoms with Gasteiger partial charge in [-0.1, -0.05) is 78.1 Å². The molecule has 0 aliphatic rings. The minimum absolute atomic E-state index is 0.00819. The SMILES string of the molecule is CCCCCCCCC(CCCCCC)C(=O)OCCCCC=O. The molecule has 0 saturated carbocycles. The van der Waals surface area contributed by atoms with Gasteiger partial charge in [0.25, 0.3) is 0 Å². The lowest BCUT2D eigenvalue weighted by molar-refractivity contribution is -0.149. The molecule has 0 bridgehead atoms. The number of aldehydes is 1. The van der Waals surface area contributed by atoms with Gasteiger partial charge in [0.15, 0.2) is 0 Å². The molecule has 0 aromatic carbocycles. The highest BCUT2D eigenvalue weighted by atomic mass is 16.5. The van der Waals surface area contributed by atoms with Crippen molar-refractivity contribution in [3.05, 3.63) is 0 Å². The first kappa shape index (κ1) is 23.1. The van der Waals surface area contributed by atoms with Crippen molar-refractivity contribution in [3.63, 3.8) is 0 Å². The van der Waals surface area contributed by atoms with E-state index in [1.807, 2.05) is 0 Å².